The van der Waals surface area contributed by atoms with Crippen molar-refractivity contribution < 1.29 is 4.79 Å². The molecule has 3 nitrogen and oxygen atoms in total. The van der Waals surface area contributed by atoms with Crippen molar-refractivity contribution in [2.24, 2.45) is 0 Å². The smallest absolute Gasteiger partial charge is 0.261 e. The van der Waals surface area contributed by atoms with Gasteiger partial charge in [0.15, 0.2) is 0 Å². The number of nitrogens with one attached hydrogen (secondary N) is 1. The average molecular weight is 410 g/mol. The first kappa shape index (κ1) is 18.7. The zero-order valence-corrected chi connectivity index (χ0v) is 15.2. The van der Waals surface area contributed by atoms with E-state index >= 15 is 0 Å². The van der Waals surface area contributed by atoms with Crippen molar-refractivity contribution >= 4 is 34.6 Å². The van der Waals surface area contributed by atoms with Gasteiger partial charge in [-0.1, -0.05) is 57.2 Å². The number of benzene rings is 1. The van der Waals surface area contributed by atoms with Gasteiger partial charge in [-0.3, -0.25) is 4.79 Å². The molecule has 0 bridgehead atoms. The summed E-state index contributed by atoms with van der Waals surface area (Å²) in [6, 6.07) is 9.68. The molecule has 0 aliphatic heterocycles. The van der Waals surface area contributed by atoms with Crippen molar-refractivity contribution in [3.8, 4) is 6.07 Å². The summed E-state index contributed by atoms with van der Waals surface area (Å²) in [5.41, 5.74) is 1.06. The van der Waals surface area contributed by atoms with E-state index in [0.717, 1.165) is 22.0 Å². The van der Waals surface area contributed by atoms with Crippen LogP contribution in [0.15, 0.2) is 29.8 Å². The maximum absolute atomic E-state index is 12.0. The molecular formula is C18H23IN2O. The maximum Gasteiger partial charge on any atom is 0.261 e. The van der Waals surface area contributed by atoms with Crippen molar-refractivity contribution in [3.05, 3.63) is 39.0 Å². The third-order valence-electron chi connectivity index (χ3n) is 3.39. The van der Waals surface area contributed by atoms with Crippen molar-refractivity contribution in [3.63, 3.8) is 0 Å². The van der Waals surface area contributed by atoms with Gasteiger partial charge >= 0.3 is 0 Å². The molecule has 0 atom stereocenters. The number of nitriles is 1. The van der Waals surface area contributed by atoms with E-state index in [1.54, 1.807) is 6.08 Å². The van der Waals surface area contributed by atoms with Crippen molar-refractivity contribution in [2.45, 2.75) is 45.4 Å². The van der Waals surface area contributed by atoms with Crippen LogP contribution in [0.2, 0.25) is 0 Å². The lowest BCUT2D eigenvalue weighted by Crippen LogP contribution is -2.25. The highest BCUT2D eigenvalue weighted by molar-refractivity contribution is 14.1. The molecule has 0 saturated heterocycles. The standard InChI is InChI=1S/C18H23IN2O/c1-2-3-4-5-6-9-12-21-18(22)16(14-20)13-15-10-7-8-11-17(15)19/h7-8,10-11,13H,2-6,9,12H2,1H3,(H,21,22)/b16-13+. The van der Waals surface area contributed by atoms with E-state index in [2.05, 4.69) is 34.8 Å². The Bertz CT molecular complexity index is 546. The molecule has 1 rings (SSSR count). The second-order valence-electron chi connectivity index (χ2n) is 5.21. The van der Waals surface area contributed by atoms with Crippen LogP contribution in [0.25, 0.3) is 6.08 Å². The van der Waals surface area contributed by atoms with Crippen LogP contribution in [-0.4, -0.2) is 12.5 Å². The van der Waals surface area contributed by atoms with Gasteiger partial charge in [0.2, 0.25) is 0 Å². The minimum absolute atomic E-state index is 0.162. The lowest BCUT2D eigenvalue weighted by molar-refractivity contribution is -0.117. The molecule has 0 radical (unpaired) electrons. The minimum Gasteiger partial charge on any atom is -0.351 e. The van der Waals surface area contributed by atoms with Gasteiger partial charge in [-0.05, 0) is 46.7 Å². The monoisotopic (exact) mass is 410 g/mol. The fourth-order valence-corrected chi connectivity index (χ4v) is 2.64. The molecule has 0 aliphatic rings. The summed E-state index contributed by atoms with van der Waals surface area (Å²) in [7, 11) is 0. The van der Waals surface area contributed by atoms with Crippen LogP contribution in [-0.2, 0) is 4.79 Å². The van der Waals surface area contributed by atoms with Gasteiger partial charge in [-0.15, -0.1) is 0 Å². The lowest BCUT2D eigenvalue weighted by Gasteiger charge is -2.05. The predicted octanol–water partition coefficient (Wildman–Crippen LogP) is 4.67. The molecule has 1 N–H and O–H groups in total. The number of carbonyl (C=O) groups is 1. The Balaban J connectivity index is 2.43. The normalized spacial score (nSPS) is 11.0. The van der Waals surface area contributed by atoms with Crippen LogP contribution < -0.4 is 5.32 Å². The second kappa shape index (κ2) is 11.2. The zero-order chi connectivity index (χ0) is 16.2. The SMILES string of the molecule is CCCCCCCCNC(=O)/C(C#N)=C/c1ccccc1I. The van der Waals surface area contributed by atoms with Crippen LogP contribution >= 0.6 is 22.6 Å². The lowest BCUT2D eigenvalue weighted by atomic mass is 10.1. The second-order valence-corrected chi connectivity index (χ2v) is 6.38. The molecule has 22 heavy (non-hydrogen) atoms. The highest BCUT2D eigenvalue weighted by atomic mass is 127. The topological polar surface area (TPSA) is 52.9 Å². The molecule has 0 aliphatic carbocycles. The Morgan fingerprint density at radius 1 is 1.23 bits per heavy atom. The van der Waals surface area contributed by atoms with Crippen LogP contribution in [0.4, 0.5) is 0 Å². The third kappa shape index (κ3) is 7.08. The molecule has 0 saturated carbocycles. The zero-order valence-electron chi connectivity index (χ0n) is 13.1. The van der Waals surface area contributed by atoms with E-state index in [0.29, 0.717) is 6.54 Å². The predicted molar refractivity (Wildman–Crippen MR) is 99.1 cm³/mol. The molecule has 0 spiro atoms. The van der Waals surface area contributed by atoms with Crippen LogP contribution in [0, 0.1) is 14.9 Å². The van der Waals surface area contributed by atoms with Gasteiger partial charge in [-0.25, -0.2) is 0 Å². The fourth-order valence-electron chi connectivity index (χ4n) is 2.10. The number of hydrogen-bond acceptors (Lipinski definition) is 2. The van der Waals surface area contributed by atoms with E-state index < -0.39 is 0 Å². The number of hydrogen-bond donors (Lipinski definition) is 1. The molecule has 0 fully saturated rings. The quantitative estimate of drug-likeness (QED) is 0.278. The van der Waals surface area contributed by atoms with Gasteiger partial charge in [0.1, 0.15) is 11.6 Å². The van der Waals surface area contributed by atoms with E-state index in [1.165, 1.54) is 25.7 Å². The van der Waals surface area contributed by atoms with Crippen molar-refractivity contribution in [1.29, 1.82) is 5.26 Å². The summed E-state index contributed by atoms with van der Waals surface area (Å²) in [4.78, 5) is 12.0. The van der Waals surface area contributed by atoms with Gasteiger partial charge < -0.3 is 5.32 Å². The summed E-state index contributed by atoms with van der Waals surface area (Å²) >= 11 is 2.20. The number of rotatable bonds is 9. The summed E-state index contributed by atoms with van der Waals surface area (Å²) in [5.74, 6) is -0.282. The summed E-state index contributed by atoms with van der Waals surface area (Å²) < 4.78 is 1.02. The van der Waals surface area contributed by atoms with E-state index in [4.69, 9.17) is 5.26 Å². The molecule has 4 heteroatoms. The van der Waals surface area contributed by atoms with Crippen LogP contribution in [0.5, 0.6) is 0 Å². The highest BCUT2D eigenvalue weighted by Crippen LogP contribution is 2.15. The number of carbonyl (C=O) groups excluding carboxylic acids is 1. The molecule has 0 unspecified atom stereocenters. The Labute approximate surface area is 146 Å². The summed E-state index contributed by atoms with van der Waals surface area (Å²) in [6.45, 7) is 2.83. The van der Waals surface area contributed by atoms with E-state index in [-0.39, 0.29) is 11.5 Å². The van der Waals surface area contributed by atoms with Crippen molar-refractivity contribution in [1.82, 2.24) is 5.32 Å². The number of unbranched alkanes of at least 4 members (excludes halogenated alkanes) is 5. The number of nitrogens with zero attached hydrogens (tertiary/aromatic N) is 1. The van der Waals surface area contributed by atoms with Gasteiger partial charge in [0, 0.05) is 10.1 Å². The number of halogens is 1. The summed E-state index contributed by atoms with van der Waals surface area (Å²) in [6.07, 6.45) is 8.75. The molecule has 1 aromatic rings. The highest BCUT2D eigenvalue weighted by Gasteiger charge is 2.09. The van der Waals surface area contributed by atoms with E-state index in [9.17, 15) is 4.79 Å². The first-order valence-electron chi connectivity index (χ1n) is 7.83. The summed E-state index contributed by atoms with van der Waals surface area (Å²) in [5, 5.41) is 12.0. The third-order valence-corrected chi connectivity index (χ3v) is 4.37. The fraction of sp³-hybridized carbons (Fsp3) is 0.444. The first-order valence-corrected chi connectivity index (χ1v) is 8.91. The Kier molecular flexibility index (Phi) is 9.56. The Morgan fingerprint density at radius 2 is 1.91 bits per heavy atom. The van der Waals surface area contributed by atoms with Gasteiger partial charge in [0.25, 0.3) is 5.91 Å². The molecule has 1 aromatic carbocycles. The molecular weight excluding hydrogens is 387 g/mol. The molecule has 0 aromatic heterocycles. The van der Waals surface area contributed by atoms with Gasteiger partial charge in [-0.2, -0.15) is 5.26 Å². The van der Waals surface area contributed by atoms with Crippen LogP contribution in [0.3, 0.4) is 0 Å². The van der Waals surface area contributed by atoms with Gasteiger partial charge in [0.05, 0.1) is 0 Å². The molecule has 0 heterocycles. The first-order chi connectivity index (χ1) is 10.7. The van der Waals surface area contributed by atoms with Crippen LogP contribution in [0.1, 0.15) is 51.0 Å². The molecule has 118 valence electrons. The average Bonchev–Trinajstić information content (AvgIpc) is 2.53. The Morgan fingerprint density at radius 3 is 2.59 bits per heavy atom. The van der Waals surface area contributed by atoms with E-state index in [1.807, 2.05) is 30.3 Å². The van der Waals surface area contributed by atoms with Crippen molar-refractivity contribution in [2.75, 3.05) is 6.54 Å². The minimum atomic E-state index is -0.282. The Hall–Kier alpha value is -1.35. The number of amides is 1. The largest absolute Gasteiger partial charge is 0.351 e. The maximum atomic E-state index is 12.0. The molecule has 1 amide bonds.